The number of nitrogens with one attached hydrogen (secondary N) is 1. The average molecular weight is 463 g/mol. The monoisotopic (exact) mass is 463 g/mol. The summed E-state index contributed by atoms with van der Waals surface area (Å²) in [5.74, 6) is 1.57. The first-order valence-corrected chi connectivity index (χ1v) is 9.22. The van der Waals surface area contributed by atoms with Gasteiger partial charge in [0.1, 0.15) is 0 Å². The van der Waals surface area contributed by atoms with Gasteiger partial charge in [-0.3, -0.25) is 9.67 Å². The largest absolute Gasteiger partial charge is 0.388 e. The van der Waals surface area contributed by atoms with Crippen LogP contribution in [0.2, 0.25) is 0 Å². The van der Waals surface area contributed by atoms with Gasteiger partial charge in [0.15, 0.2) is 5.96 Å². The van der Waals surface area contributed by atoms with Gasteiger partial charge < -0.3 is 15.3 Å². The molecule has 2 rings (SSSR count). The van der Waals surface area contributed by atoms with Gasteiger partial charge in [0, 0.05) is 32.9 Å². The zero-order chi connectivity index (χ0) is 17.6. The summed E-state index contributed by atoms with van der Waals surface area (Å²) < 4.78 is 1.86. The van der Waals surface area contributed by atoms with Crippen LogP contribution in [0.3, 0.4) is 0 Å². The molecule has 1 aromatic rings. The Kier molecular flexibility index (Phi) is 9.20. The van der Waals surface area contributed by atoms with Crippen LogP contribution in [0.15, 0.2) is 17.4 Å². The normalized spacial score (nSPS) is 18.4. The van der Waals surface area contributed by atoms with Gasteiger partial charge in [-0.15, -0.1) is 24.0 Å². The van der Waals surface area contributed by atoms with Crippen LogP contribution < -0.4 is 5.32 Å². The van der Waals surface area contributed by atoms with E-state index in [1.165, 1.54) is 12.0 Å². The van der Waals surface area contributed by atoms with E-state index in [1.54, 1.807) is 0 Å². The molecule has 25 heavy (non-hydrogen) atoms. The summed E-state index contributed by atoms with van der Waals surface area (Å²) in [6, 6.07) is 0. The minimum atomic E-state index is -0.685. The molecule has 0 amide bonds. The zero-order valence-electron chi connectivity index (χ0n) is 16.0. The number of guanidine groups is 1. The fourth-order valence-electron chi connectivity index (χ4n) is 3.22. The van der Waals surface area contributed by atoms with E-state index >= 15 is 0 Å². The highest BCUT2D eigenvalue weighted by Crippen LogP contribution is 2.21. The smallest absolute Gasteiger partial charge is 0.194 e. The number of aliphatic hydroxyl groups is 1. The van der Waals surface area contributed by atoms with Crippen LogP contribution in [0.5, 0.6) is 0 Å². The molecule has 1 saturated heterocycles. The van der Waals surface area contributed by atoms with Gasteiger partial charge in [-0.1, -0.05) is 13.8 Å². The second kappa shape index (κ2) is 10.4. The van der Waals surface area contributed by atoms with Gasteiger partial charge in [-0.05, 0) is 44.1 Å². The zero-order valence-corrected chi connectivity index (χ0v) is 18.4. The van der Waals surface area contributed by atoms with Crippen molar-refractivity contribution in [1.29, 1.82) is 0 Å². The quantitative estimate of drug-likeness (QED) is 0.371. The Labute approximate surface area is 169 Å². The third-order valence-corrected chi connectivity index (χ3v) is 5.04. The van der Waals surface area contributed by atoms with E-state index in [2.05, 4.69) is 28.4 Å². The van der Waals surface area contributed by atoms with E-state index in [1.807, 2.05) is 31.8 Å². The van der Waals surface area contributed by atoms with Crippen molar-refractivity contribution in [1.82, 2.24) is 20.0 Å². The predicted molar refractivity (Wildman–Crippen MR) is 114 cm³/mol. The molecule has 6 nitrogen and oxygen atoms in total. The Balaban J connectivity index is 0.00000312. The summed E-state index contributed by atoms with van der Waals surface area (Å²) in [5, 5.41) is 18.1. The van der Waals surface area contributed by atoms with E-state index in [-0.39, 0.29) is 24.0 Å². The highest BCUT2D eigenvalue weighted by Gasteiger charge is 2.27. The van der Waals surface area contributed by atoms with Crippen LogP contribution in [-0.2, 0) is 13.5 Å². The lowest BCUT2D eigenvalue weighted by molar-refractivity contribution is 0.0416. The molecule has 7 heteroatoms. The molecular weight excluding hydrogens is 429 g/mol. The highest BCUT2D eigenvalue weighted by molar-refractivity contribution is 14.0. The van der Waals surface area contributed by atoms with Crippen LogP contribution in [0.1, 0.15) is 45.6 Å². The lowest BCUT2D eigenvalue weighted by Gasteiger charge is -2.26. The number of aliphatic imine (C=N–C) groups is 1. The van der Waals surface area contributed by atoms with Crippen molar-refractivity contribution in [2.24, 2.45) is 18.0 Å². The molecule has 0 radical (unpaired) electrons. The lowest BCUT2D eigenvalue weighted by Crippen LogP contribution is -2.42. The Bertz CT molecular complexity index is 541. The molecule has 0 spiro atoms. The van der Waals surface area contributed by atoms with E-state index in [4.69, 9.17) is 4.99 Å². The fourth-order valence-corrected chi connectivity index (χ4v) is 3.22. The minimum Gasteiger partial charge on any atom is -0.388 e. The number of halogens is 1. The molecule has 1 aliphatic heterocycles. The van der Waals surface area contributed by atoms with Crippen molar-refractivity contribution in [3.63, 3.8) is 0 Å². The van der Waals surface area contributed by atoms with Crippen LogP contribution in [0, 0.1) is 5.92 Å². The first-order chi connectivity index (χ1) is 11.5. The molecule has 1 atom stereocenters. The van der Waals surface area contributed by atoms with Crippen LogP contribution in [0.25, 0.3) is 0 Å². The molecule has 144 valence electrons. The highest BCUT2D eigenvalue weighted by atomic mass is 127. The second-order valence-electron chi connectivity index (χ2n) is 6.93. The summed E-state index contributed by atoms with van der Waals surface area (Å²) in [7, 11) is 1.96. The van der Waals surface area contributed by atoms with E-state index in [9.17, 15) is 5.11 Å². The van der Waals surface area contributed by atoms with Gasteiger partial charge >= 0.3 is 0 Å². The van der Waals surface area contributed by atoms with Crippen LogP contribution in [0.4, 0.5) is 0 Å². The van der Waals surface area contributed by atoms with Gasteiger partial charge in [-0.25, -0.2) is 0 Å². The summed E-state index contributed by atoms with van der Waals surface area (Å²) in [6.07, 6.45) is 7.77. The number of likely N-dealkylation sites (tertiary alicyclic amines) is 1. The first-order valence-electron chi connectivity index (χ1n) is 9.22. The summed E-state index contributed by atoms with van der Waals surface area (Å²) in [6.45, 7) is 9.47. The molecule has 0 saturated carbocycles. The molecule has 2 heterocycles. The molecule has 1 unspecified atom stereocenters. The van der Waals surface area contributed by atoms with E-state index in [0.717, 1.165) is 44.9 Å². The summed E-state index contributed by atoms with van der Waals surface area (Å²) >= 11 is 0. The predicted octanol–water partition coefficient (Wildman–Crippen LogP) is 2.42. The average Bonchev–Trinajstić information content (AvgIpc) is 3.20. The van der Waals surface area contributed by atoms with Gasteiger partial charge in [-0.2, -0.15) is 5.10 Å². The van der Waals surface area contributed by atoms with Crippen molar-refractivity contribution < 1.29 is 5.11 Å². The van der Waals surface area contributed by atoms with Gasteiger partial charge in [0.2, 0.25) is 0 Å². The number of hydrogen-bond acceptors (Lipinski definition) is 3. The van der Waals surface area contributed by atoms with Crippen molar-refractivity contribution in [3.05, 3.63) is 18.0 Å². The molecule has 0 aliphatic carbocycles. The van der Waals surface area contributed by atoms with Gasteiger partial charge in [0.25, 0.3) is 0 Å². The number of hydrogen-bond donors (Lipinski definition) is 2. The van der Waals surface area contributed by atoms with Gasteiger partial charge in [0.05, 0.1) is 18.3 Å². The van der Waals surface area contributed by atoms with E-state index in [0.29, 0.717) is 12.5 Å². The molecule has 0 aromatic carbocycles. The standard InChI is InChI=1S/C18H33N5O.HI/c1-5-18(24,6-2)14-20-17(19-7-3)23-9-8-15(13-23)10-16-11-21-22(4)12-16;/h11-12,15,24H,5-10,13-14H2,1-4H3,(H,19,20);1H. The topological polar surface area (TPSA) is 65.7 Å². The SMILES string of the molecule is CCNC(=NCC(O)(CC)CC)N1CCC(Cc2cnn(C)c2)C1.I. The maximum Gasteiger partial charge on any atom is 0.194 e. The Hall–Kier alpha value is -0.830. The van der Waals surface area contributed by atoms with Crippen LogP contribution >= 0.6 is 24.0 Å². The van der Waals surface area contributed by atoms with Crippen molar-refractivity contribution in [2.75, 3.05) is 26.2 Å². The third kappa shape index (κ3) is 6.44. The van der Waals surface area contributed by atoms with Crippen LogP contribution in [-0.4, -0.2) is 57.5 Å². The van der Waals surface area contributed by atoms with Crippen molar-refractivity contribution in [2.45, 2.75) is 52.1 Å². The van der Waals surface area contributed by atoms with E-state index < -0.39 is 5.60 Å². The first kappa shape index (κ1) is 22.2. The number of aromatic nitrogens is 2. The maximum absolute atomic E-state index is 10.5. The summed E-state index contributed by atoms with van der Waals surface area (Å²) in [5.41, 5.74) is 0.618. The molecule has 1 aliphatic rings. The minimum absolute atomic E-state index is 0. The molecule has 1 aromatic heterocycles. The Morgan fingerprint density at radius 1 is 1.40 bits per heavy atom. The fraction of sp³-hybridized carbons (Fsp3) is 0.778. The second-order valence-corrected chi connectivity index (χ2v) is 6.93. The third-order valence-electron chi connectivity index (χ3n) is 5.04. The molecular formula is C18H34IN5O. The molecule has 0 bridgehead atoms. The maximum atomic E-state index is 10.5. The lowest BCUT2D eigenvalue weighted by atomic mass is 9.98. The molecule has 1 fully saturated rings. The summed E-state index contributed by atoms with van der Waals surface area (Å²) in [4.78, 5) is 7.05. The number of nitrogens with zero attached hydrogens (tertiary/aromatic N) is 4. The number of aryl methyl sites for hydroxylation is 1. The number of rotatable bonds is 7. The Morgan fingerprint density at radius 2 is 2.12 bits per heavy atom. The Morgan fingerprint density at radius 3 is 2.68 bits per heavy atom. The molecule has 2 N–H and O–H groups in total. The van der Waals surface area contributed by atoms with Crippen molar-refractivity contribution >= 4 is 29.9 Å². The van der Waals surface area contributed by atoms with Crippen molar-refractivity contribution in [3.8, 4) is 0 Å².